The first-order valence-corrected chi connectivity index (χ1v) is 7.53. The van der Waals surface area contributed by atoms with Gasteiger partial charge in [0, 0.05) is 0 Å². The summed E-state index contributed by atoms with van der Waals surface area (Å²) in [6.07, 6.45) is 4.76. The first kappa shape index (κ1) is 14.2. The minimum atomic E-state index is -0.373. The summed E-state index contributed by atoms with van der Waals surface area (Å²) in [4.78, 5) is 28.1. The van der Waals surface area contributed by atoms with Gasteiger partial charge >= 0.3 is 0 Å². The third-order valence-electron chi connectivity index (χ3n) is 4.29. The van der Waals surface area contributed by atoms with Gasteiger partial charge in [-0.15, -0.1) is 0 Å². The fraction of sp³-hybridized carbons (Fsp3) is 0.500. The summed E-state index contributed by atoms with van der Waals surface area (Å²) in [6, 6.07) is 5.16. The SMILES string of the molecule is O=C1C[C@H](N2CCCCCC2)C(=O)N1c1ccc(F)cc1. The van der Waals surface area contributed by atoms with E-state index in [1.807, 2.05) is 0 Å². The molecule has 5 heteroatoms. The second kappa shape index (κ2) is 5.93. The predicted molar refractivity (Wildman–Crippen MR) is 77.3 cm³/mol. The first-order chi connectivity index (χ1) is 10.2. The molecule has 2 amide bonds. The van der Waals surface area contributed by atoms with E-state index in [1.54, 1.807) is 0 Å². The van der Waals surface area contributed by atoms with E-state index in [0.29, 0.717) is 5.69 Å². The van der Waals surface area contributed by atoms with Crippen molar-refractivity contribution >= 4 is 17.5 Å². The molecule has 0 bridgehead atoms. The molecule has 21 heavy (non-hydrogen) atoms. The van der Waals surface area contributed by atoms with E-state index in [1.165, 1.54) is 42.0 Å². The fourth-order valence-electron chi connectivity index (χ4n) is 3.17. The molecular weight excluding hydrogens is 271 g/mol. The molecule has 3 rings (SSSR count). The summed E-state index contributed by atoms with van der Waals surface area (Å²) in [5, 5.41) is 0. The number of hydrogen-bond donors (Lipinski definition) is 0. The third-order valence-corrected chi connectivity index (χ3v) is 4.29. The van der Waals surface area contributed by atoms with Crippen LogP contribution in [-0.2, 0) is 9.59 Å². The Kier molecular flexibility index (Phi) is 4.01. The van der Waals surface area contributed by atoms with Gasteiger partial charge in [-0.25, -0.2) is 9.29 Å². The van der Waals surface area contributed by atoms with Crippen molar-refractivity contribution in [2.75, 3.05) is 18.0 Å². The number of rotatable bonds is 2. The molecule has 0 spiro atoms. The molecule has 1 aromatic rings. The number of hydrogen-bond acceptors (Lipinski definition) is 3. The summed E-state index contributed by atoms with van der Waals surface area (Å²) in [5.74, 6) is -0.740. The number of benzene rings is 1. The normalized spacial score (nSPS) is 24.4. The largest absolute Gasteiger partial charge is 0.292 e. The van der Waals surface area contributed by atoms with Crippen LogP contribution in [0, 0.1) is 5.82 Å². The molecular formula is C16H19FN2O2. The van der Waals surface area contributed by atoms with Crippen LogP contribution in [0.15, 0.2) is 24.3 Å². The molecule has 112 valence electrons. The van der Waals surface area contributed by atoms with Crippen LogP contribution in [0.4, 0.5) is 10.1 Å². The van der Waals surface area contributed by atoms with E-state index >= 15 is 0 Å². The number of carbonyl (C=O) groups excluding carboxylic acids is 2. The Hall–Kier alpha value is -1.75. The Bertz CT molecular complexity index is 536. The number of halogens is 1. The van der Waals surface area contributed by atoms with Gasteiger partial charge < -0.3 is 0 Å². The Labute approximate surface area is 123 Å². The topological polar surface area (TPSA) is 40.6 Å². The van der Waals surface area contributed by atoms with Crippen molar-refractivity contribution < 1.29 is 14.0 Å². The highest BCUT2D eigenvalue weighted by atomic mass is 19.1. The Morgan fingerprint density at radius 2 is 1.57 bits per heavy atom. The number of anilines is 1. The van der Waals surface area contributed by atoms with E-state index in [4.69, 9.17) is 0 Å². The predicted octanol–water partition coefficient (Wildman–Crippen LogP) is 2.33. The van der Waals surface area contributed by atoms with Gasteiger partial charge in [0.25, 0.3) is 5.91 Å². The van der Waals surface area contributed by atoms with Crippen LogP contribution in [-0.4, -0.2) is 35.8 Å². The summed E-state index contributed by atoms with van der Waals surface area (Å²) in [5.41, 5.74) is 0.462. The van der Waals surface area contributed by atoms with Gasteiger partial charge in [-0.1, -0.05) is 12.8 Å². The van der Waals surface area contributed by atoms with Gasteiger partial charge in [0.1, 0.15) is 5.82 Å². The Morgan fingerprint density at radius 3 is 2.19 bits per heavy atom. The molecule has 2 aliphatic rings. The maximum absolute atomic E-state index is 13.0. The van der Waals surface area contributed by atoms with Gasteiger partial charge in [0.15, 0.2) is 0 Å². The van der Waals surface area contributed by atoms with Gasteiger partial charge in [0.2, 0.25) is 5.91 Å². The Balaban J connectivity index is 1.79. The van der Waals surface area contributed by atoms with Crippen molar-refractivity contribution in [3.63, 3.8) is 0 Å². The van der Waals surface area contributed by atoms with Gasteiger partial charge in [0.05, 0.1) is 18.2 Å². The minimum Gasteiger partial charge on any atom is -0.292 e. The number of imide groups is 1. The van der Waals surface area contributed by atoms with Crippen LogP contribution in [0.25, 0.3) is 0 Å². The second-order valence-electron chi connectivity index (χ2n) is 5.71. The average molecular weight is 290 g/mol. The lowest BCUT2D eigenvalue weighted by Gasteiger charge is -2.25. The van der Waals surface area contributed by atoms with Crippen molar-refractivity contribution in [2.45, 2.75) is 38.1 Å². The Morgan fingerprint density at radius 1 is 0.952 bits per heavy atom. The molecule has 1 atom stereocenters. The molecule has 0 aromatic heterocycles. The lowest BCUT2D eigenvalue weighted by molar-refractivity contribution is -0.122. The van der Waals surface area contributed by atoms with Crippen LogP contribution in [0.3, 0.4) is 0 Å². The molecule has 2 heterocycles. The third kappa shape index (κ3) is 2.83. The lowest BCUT2D eigenvalue weighted by Crippen LogP contribution is -2.42. The van der Waals surface area contributed by atoms with Crippen LogP contribution in [0.1, 0.15) is 32.1 Å². The number of nitrogens with zero attached hydrogens (tertiary/aromatic N) is 2. The summed E-state index contributed by atoms with van der Waals surface area (Å²) in [7, 11) is 0. The van der Waals surface area contributed by atoms with Crippen LogP contribution < -0.4 is 4.90 Å². The zero-order valence-electron chi connectivity index (χ0n) is 11.9. The van der Waals surface area contributed by atoms with Gasteiger partial charge in [-0.2, -0.15) is 0 Å². The summed E-state index contributed by atoms with van der Waals surface area (Å²) >= 11 is 0. The molecule has 0 radical (unpaired) electrons. The lowest BCUT2D eigenvalue weighted by atomic mass is 10.2. The van der Waals surface area contributed by atoms with Crippen LogP contribution in [0.5, 0.6) is 0 Å². The monoisotopic (exact) mass is 290 g/mol. The van der Waals surface area contributed by atoms with Gasteiger partial charge in [-0.05, 0) is 50.2 Å². The zero-order valence-corrected chi connectivity index (χ0v) is 11.9. The highest BCUT2D eigenvalue weighted by Gasteiger charge is 2.42. The van der Waals surface area contributed by atoms with Crippen molar-refractivity contribution in [1.29, 1.82) is 0 Å². The van der Waals surface area contributed by atoms with Crippen molar-refractivity contribution in [2.24, 2.45) is 0 Å². The van der Waals surface area contributed by atoms with E-state index in [0.717, 1.165) is 25.9 Å². The highest BCUT2D eigenvalue weighted by Crippen LogP contribution is 2.27. The summed E-state index contributed by atoms with van der Waals surface area (Å²) < 4.78 is 13.0. The molecule has 4 nitrogen and oxygen atoms in total. The molecule has 2 fully saturated rings. The van der Waals surface area contributed by atoms with E-state index < -0.39 is 0 Å². The standard InChI is InChI=1S/C16H19FN2O2/c17-12-5-7-13(8-6-12)19-15(20)11-14(16(19)21)18-9-3-1-2-4-10-18/h5-8,14H,1-4,9-11H2/t14-/m0/s1. The minimum absolute atomic E-state index is 0.173. The molecule has 0 saturated carbocycles. The van der Waals surface area contributed by atoms with E-state index in [2.05, 4.69) is 4.90 Å². The van der Waals surface area contributed by atoms with Crippen molar-refractivity contribution in [1.82, 2.24) is 4.90 Å². The maximum atomic E-state index is 13.0. The molecule has 0 unspecified atom stereocenters. The molecule has 0 aliphatic carbocycles. The number of likely N-dealkylation sites (tertiary alicyclic amines) is 1. The molecule has 0 N–H and O–H groups in total. The van der Waals surface area contributed by atoms with E-state index in [-0.39, 0.29) is 30.1 Å². The van der Waals surface area contributed by atoms with E-state index in [9.17, 15) is 14.0 Å². The maximum Gasteiger partial charge on any atom is 0.251 e. The quantitative estimate of drug-likeness (QED) is 0.785. The fourth-order valence-corrected chi connectivity index (χ4v) is 3.17. The summed E-state index contributed by atoms with van der Waals surface area (Å²) in [6.45, 7) is 1.75. The van der Waals surface area contributed by atoms with Crippen LogP contribution in [0.2, 0.25) is 0 Å². The first-order valence-electron chi connectivity index (χ1n) is 7.53. The van der Waals surface area contributed by atoms with Crippen molar-refractivity contribution in [3.8, 4) is 0 Å². The highest BCUT2D eigenvalue weighted by molar-refractivity contribution is 6.22. The van der Waals surface area contributed by atoms with Crippen molar-refractivity contribution in [3.05, 3.63) is 30.1 Å². The van der Waals surface area contributed by atoms with Gasteiger partial charge in [-0.3, -0.25) is 14.5 Å². The number of amides is 2. The number of carbonyl (C=O) groups is 2. The zero-order chi connectivity index (χ0) is 14.8. The molecule has 1 aromatic carbocycles. The molecule has 2 aliphatic heterocycles. The average Bonchev–Trinajstić information content (AvgIpc) is 2.69. The van der Waals surface area contributed by atoms with Crippen LogP contribution >= 0.6 is 0 Å². The smallest absolute Gasteiger partial charge is 0.251 e. The molecule has 2 saturated heterocycles. The second-order valence-corrected chi connectivity index (χ2v) is 5.71.